The number of anilines is 1. The fourth-order valence-electron chi connectivity index (χ4n) is 3.22. The van der Waals surface area contributed by atoms with Crippen molar-refractivity contribution >= 4 is 46.5 Å². The fraction of sp³-hybridized carbons (Fsp3) is 0.0769. The molecule has 3 aromatic rings. The Morgan fingerprint density at radius 1 is 0.971 bits per heavy atom. The van der Waals surface area contributed by atoms with Gasteiger partial charge >= 0.3 is 5.97 Å². The maximum atomic E-state index is 12.7. The molecule has 0 radical (unpaired) electrons. The number of esters is 1. The molecule has 0 aliphatic carbocycles. The van der Waals surface area contributed by atoms with E-state index in [2.05, 4.69) is 5.32 Å². The van der Waals surface area contributed by atoms with Gasteiger partial charge in [-0.05, 0) is 66.7 Å². The van der Waals surface area contributed by atoms with Gasteiger partial charge in [0, 0.05) is 5.69 Å². The van der Waals surface area contributed by atoms with Crippen LogP contribution in [0.1, 0.15) is 21.5 Å². The maximum absolute atomic E-state index is 12.7. The molecule has 3 aromatic carbocycles. The topological polar surface area (TPSA) is 92.8 Å². The van der Waals surface area contributed by atoms with Gasteiger partial charge in [-0.1, -0.05) is 48.0 Å². The highest BCUT2D eigenvalue weighted by Gasteiger charge is 2.36. The molecule has 170 valence electrons. The molecule has 0 aromatic heterocycles. The quantitative estimate of drug-likeness (QED) is 0.312. The molecule has 0 saturated carbocycles. The van der Waals surface area contributed by atoms with Crippen molar-refractivity contribution in [2.45, 2.75) is 6.92 Å². The van der Waals surface area contributed by atoms with Crippen molar-refractivity contribution in [3.63, 3.8) is 0 Å². The molecule has 0 bridgehead atoms. The van der Waals surface area contributed by atoms with Gasteiger partial charge in [0.05, 0.1) is 10.5 Å². The van der Waals surface area contributed by atoms with E-state index in [-0.39, 0.29) is 11.4 Å². The van der Waals surface area contributed by atoms with E-state index < -0.39 is 23.0 Å². The zero-order chi connectivity index (χ0) is 24.1. The zero-order valence-electron chi connectivity index (χ0n) is 18.2. The molecule has 7 nitrogen and oxygen atoms in total. The van der Waals surface area contributed by atoms with Crippen LogP contribution >= 0.6 is 11.8 Å². The largest absolute Gasteiger partial charge is 0.423 e. The number of aryl methyl sites for hydroxylation is 1. The number of benzene rings is 3. The van der Waals surface area contributed by atoms with Crippen LogP contribution in [0.25, 0.3) is 6.08 Å². The molecule has 0 spiro atoms. The van der Waals surface area contributed by atoms with E-state index in [4.69, 9.17) is 4.74 Å². The Balaban J connectivity index is 1.39. The lowest BCUT2D eigenvalue weighted by Gasteiger charge is -2.12. The molecule has 0 atom stereocenters. The van der Waals surface area contributed by atoms with Crippen LogP contribution in [-0.2, 0) is 9.59 Å². The van der Waals surface area contributed by atoms with Crippen LogP contribution in [-0.4, -0.2) is 34.5 Å². The van der Waals surface area contributed by atoms with Crippen LogP contribution in [0.15, 0.2) is 83.8 Å². The van der Waals surface area contributed by atoms with Crippen LogP contribution in [0.4, 0.5) is 10.5 Å². The van der Waals surface area contributed by atoms with Crippen molar-refractivity contribution in [2.75, 3.05) is 11.9 Å². The highest BCUT2D eigenvalue weighted by atomic mass is 32.2. The van der Waals surface area contributed by atoms with Crippen LogP contribution in [0.2, 0.25) is 0 Å². The third kappa shape index (κ3) is 5.60. The standard InChI is InChI=1S/C26H20N2O5S/c1-17-6-5-7-19(14-17)25(31)33-21-12-10-18(11-13-21)15-22-24(30)28(26(32)34-22)16-23(29)27-20-8-3-2-4-9-20/h2-15H,16H2,1H3,(H,27,29)/b22-15-. The minimum absolute atomic E-state index is 0.210. The van der Waals surface area contributed by atoms with Gasteiger partial charge in [-0.25, -0.2) is 4.79 Å². The molecule has 4 rings (SSSR count). The van der Waals surface area contributed by atoms with Gasteiger partial charge in [0.2, 0.25) is 5.91 Å². The van der Waals surface area contributed by atoms with Gasteiger partial charge in [0.1, 0.15) is 12.3 Å². The Morgan fingerprint density at radius 2 is 1.71 bits per heavy atom. The average Bonchev–Trinajstić information content (AvgIpc) is 3.08. The highest BCUT2D eigenvalue weighted by Crippen LogP contribution is 2.32. The first-order valence-electron chi connectivity index (χ1n) is 10.4. The van der Waals surface area contributed by atoms with Gasteiger partial charge in [-0.2, -0.15) is 0 Å². The number of rotatable bonds is 6. The first-order chi connectivity index (χ1) is 16.4. The van der Waals surface area contributed by atoms with E-state index in [1.807, 2.05) is 19.1 Å². The SMILES string of the molecule is Cc1cccc(C(=O)Oc2ccc(/C=C3\SC(=O)N(CC(=O)Nc4ccccc4)C3=O)cc2)c1. The second-order valence-electron chi connectivity index (χ2n) is 7.51. The number of nitrogens with zero attached hydrogens (tertiary/aromatic N) is 1. The third-order valence-electron chi connectivity index (χ3n) is 4.88. The van der Waals surface area contributed by atoms with Crippen LogP contribution in [0.5, 0.6) is 5.75 Å². The lowest BCUT2D eigenvalue weighted by molar-refractivity contribution is -0.127. The van der Waals surface area contributed by atoms with Gasteiger partial charge in [-0.15, -0.1) is 0 Å². The summed E-state index contributed by atoms with van der Waals surface area (Å²) in [5.41, 5.74) is 2.64. The maximum Gasteiger partial charge on any atom is 0.343 e. The van der Waals surface area contributed by atoms with E-state index in [0.29, 0.717) is 22.6 Å². The first kappa shape index (κ1) is 23.0. The van der Waals surface area contributed by atoms with Crippen LogP contribution < -0.4 is 10.1 Å². The van der Waals surface area contributed by atoms with Crippen LogP contribution in [0.3, 0.4) is 0 Å². The highest BCUT2D eigenvalue weighted by molar-refractivity contribution is 8.18. The molecular weight excluding hydrogens is 452 g/mol. The smallest absolute Gasteiger partial charge is 0.343 e. The number of hydrogen-bond acceptors (Lipinski definition) is 6. The molecule has 1 N–H and O–H groups in total. The second-order valence-corrected chi connectivity index (χ2v) is 8.50. The van der Waals surface area contributed by atoms with E-state index in [9.17, 15) is 19.2 Å². The first-order valence-corrected chi connectivity index (χ1v) is 11.2. The van der Waals surface area contributed by atoms with Crippen molar-refractivity contribution in [3.05, 3.63) is 100 Å². The minimum atomic E-state index is -0.534. The molecule has 3 amide bonds. The van der Waals surface area contributed by atoms with Crippen molar-refractivity contribution in [3.8, 4) is 5.75 Å². The summed E-state index contributed by atoms with van der Waals surface area (Å²) in [7, 11) is 0. The Morgan fingerprint density at radius 3 is 2.41 bits per heavy atom. The Bertz CT molecular complexity index is 1290. The zero-order valence-corrected chi connectivity index (χ0v) is 19.0. The molecule has 1 aliphatic heterocycles. The summed E-state index contributed by atoms with van der Waals surface area (Å²) in [5, 5.41) is 2.14. The second kappa shape index (κ2) is 10.2. The number of hydrogen-bond donors (Lipinski definition) is 1. The van der Waals surface area contributed by atoms with Crippen LogP contribution in [0, 0.1) is 6.92 Å². The molecule has 34 heavy (non-hydrogen) atoms. The number of imide groups is 1. The number of carbonyl (C=O) groups excluding carboxylic acids is 4. The van der Waals surface area contributed by atoms with Gasteiger partial charge < -0.3 is 10.1 Å². The van der Waals surface area contributed by atoms with E-state index in [1.54, 1.807) is 72.8 Å². The van der Waals surface area contributed by atoms with Gasteiger partial charge in [0.25, 0.3) is 11.1 Å². The number of nitrogens with one attached hydrogen (secondary N) is 1. The molecule has 1 saturated heterocycles. The molecule has 1 heterocycles. The summed E-state index contributed by atoms with van der Waals surface area (Å²) < 4.78 is 5.39. The number of ether oxygens (including phenoxy) is 1. The molecule has 8 heteroatoms. The van der Waals surface area contributed by atoms with Crippen molar-refractivity contribution in [1.29, 1.82) is 0 Å². The van der Waals surface area contributed by atoms with Gasteiger partial charge in [-0.3, -0.25) is 19.3 Å². The van der Waals surface area contributed by atoms with Crippen molar-refractivity contribution in [1.82, 2.24) is 4.90 Å². The van der Waals surface area contributed by atoms with E-state index in [0.717, 1.165) is 22.2 Å². The predicted molar refractivity (Wildman–Crippen MR) is 130 cm³/mol. The number of para-hydroxylation sites is 1. The van der Waals surface area contributed by atoms with Crippen molar-refractivity contribution in [2.24, 2.45) is 0 Å². The summed E-state index contributed by atoms with van der Waals surface area (Å²) in [4.78, 5) is 50.6. The van der Waals surface area contributed by atoms with E-state index in [1.165, 1.54) is 0 Å². The van der Waals surface area contributed by atoms with E-state index >= 15 is 0 Å². The summed E-state index contributed by atoms with van der Waals surface area (Å²) in [6.45, 7) is 1.52. The monoisotopic (exact) mass is 472 g/mol. The third-order valence-corrected chi connectivity index (χ3v) is 5.78. The molecule has 1 fully saturated rings. The molecule has 0 unspecified atom stereocenters. The predicted octanol–water partition coefficient (Wildman–Crippen LogP) is 4.89. The Labute approximate surface area is 200 Å². The number of carbonyl (C=O) groups is 4. The lowest BCUT2D eigenvalue weighted by atomic mass is 10.1. The Kier molecular flexibility index (Phi) is 6.89. The van der Waals surface area contributed by atoms with Crippen molar-refractivity contribution < 1.29 is 23.9 Å². The Hall–Kier alpha value is -4.17. The normalized spacial score (nSPS) is 14.4. The summed E-state index contributed by atoms with van der Waals surface area (Å²) in [6.07, 6.45) is 1.56. The van der Waals surface area contributed by atoms with Gasteiger partial charge in [0.15, 0.2) is 0 Å². The summed E-state index contributed by atoms with van der Waals surface area (Å²) in [5.74, 6) is -1.11. The molecule has 1 aliphatic rings. The number of thioether (sulfide) groups is 1. The summed E-state index contributed by atoms with van der Waals surface area (Å²) >= 11 is 0.772. The fourth-order valence-corrected chi connectivity index (χ4v) is 4.06. The average molecular weight is 473 g/mol. The summed E-state index contributed by atoms with van der Waals surface area (Å²) in [6, 6.07) is 22.5. The minimum Gasteiger partial charge on any atom is -0.423 e. The lowest BCUT2D eigenvalue weighted by Crippen LogP contribution is -2.36. The molecular formula is C26H20N2O5S. The number of amides is 3.